The number of aromatic nitrogens is 2. The van der Waals surface area contributed by atoms with E-state index in [-0.39, 0.29) is 0 Å². The second-order valence-corrected chi connectivity index (χ2v) is 6.81. The zero-order chi connectivity index (χ0) is 14.2. The molecular formula is C16H22N4O. The average Bonchev–Trinajstić information content (AvgIpc) is 3.08. The van der Waals surface area contributed by atoms with Crippen molar-refractivity contribution in [1.29, 1.82) is 0 Å². The molecule has 1 aromatic rings. The molecule has 1 amide bonds. The van der Waals surface area contributed by atoms with Crippen molar-refractivity contribution in [2.75, 3.05) is 18.4 Å². The van der Waals surface area contributed by atoms with Crippen molar-refractivity contribution in [3.05, 3.63) is 18.3 Å². The lowest BCUT2D eigenvalue weighted by Gasteiger charge is -2.22. The molecule has 0 spiro atoms. The van der Waals surface area contributed by atoms with E-state index < -0.39 is 0 Å². The standard InChI is InChI=1S/C16H22N4O/c21-16(8-11-3-4-11)20-9-12-5-6-14(13(12)10-20)18-15-2-1-7-17-19-15/h1-2,7,11-14H,3-6,8-10H2,(H,18,19)/t12-,13+,14-/m1/s1. The molecule has 3 atom stereocenters. The molecule has 1 aromatic heterocycles. The van der Waals surface area contributed by atoms with Crippen molar-refractivity contribution in [3.8, 4) is 0 Å². The highest BCUT2D eigenvalue weighted by Crippen LogP contribution is 2.40. The lowest BCUT2D eigenvalue weighted by atomic mass is 9.98. The molecule has 2 saturated carbocycles. The van der Waals surface area contributed by atoms with Crippen molar-refractivity contribution in [2.45, 2.75) is 38.1 Å². The molecule has 1 N–H and O–H groups in total. The lowest BCUT2D eigenvalue weighted by Crippen LogP contribution is -2.33. The molecule has 5 heteroatoms. The van der Waals surface area contributed by atoms with E-state index in [1.165, 1.54) is 25.7 Å². The van der Waals surface area contributed by atoms with Gasteiger partial charge in [0.2, 0.25) is 5.91 Å². The SMILES string of the molecule is O=C(CC1CC1)N1C[C@H]2CC[C@@H](Nc3cccnn3)[C@H]2C1. The zero-order valence-electron chi connectivity index (χ0n) is 12.2. The maximum absolute atomic E-state index is 12.3. The fourth-order valence-corrected chi connectivity index (χ4v) is 3.91. The Morgan fingerprint density at radius 2 is 2.19 bits per heavy atom. The molecule has 1 aliphatic heterocycles. The van der Waals surface area contributed by atoms with Gasteiger partial charge in [-0.05, 0) is 49.7 Å². The summed E-state index contributed by atoms with van der Waals surface area (Å²) in [5.74, 6) is 3.17. The highest BCUT2D eigenvalue weighted by Gasteiger charge is 2.44. The zero-order valence-corrected chi connectivity index (χ0v) is 12.2. The summed E-state index contributed by atoms with van der Waals surface area (Å²) in [7, 11) is 0. The Kier molecular flexibility index (Phi) is 3.28. The van der Waals surface area contributed by atoms with Crippen molar-refractivity contribution in [2.24, 2.45) is 17.8 Å². The Morgan fingerprint density at radius 3 is 2.95 bits per heavy atom. The number of nitrogens with one attached hydrogen (secondary N) is 1. The van der Waals surface area contributed by atoms with E-state index in [1.54, 1.807) is 6.20 Å². The molecule has 0 unspecified atom stereocenters. The first kappa shape index (κ1) is 13.0. The van der Waals surface area contributed by atoms with Crippen LogP contribution in [0.5, 0.6) is 0 Å². The number of likely N-dealkylation sites (tertiary alicyclic amines) is 1. The van der Waals surface area contributed by atoms with Crippen LogP contribution in [-0.4, -0.2) is 40.1 Å². The minimum atomic E-state index is 0.380. The van der Waals surface area contributed by atoms with Crippen LogP contribution in [0.25, 0.3) is 0 Å². The second-order valence-electron chi connectivity index (χ2n) is 6.81. The Bertz CT molecular complexity index is 516. The van der Waals surface area contributed by atoms with Gasteiger partial charge in [-0.15, -0.1) is 5.10 Å². The minimum absolute atomic E-state index is 0.380. The van der Waals surface area contributed by atoms with Gasteiger partial charge in [0.1, 0.15) is 5.82 Å². The van der Waals surface area contributed by atoms with Crippen LogP contribution in [-0.2, 0) is 4.79 Å². The van der Waals surface area contributed by atoms with E-state index in [4.69, 9.17) is 0 Å². The van der Waals surface area contributed by atoms with E-state index in [0.29, 0.717) is 29.7 Å². The summed E-state index contributed by atoms with van der Waals surface area (Å²) in [4.78, 5) is 14.4. The Labute approximate surface area is 125 Å². The van der Waals surface area contributed by atoms with Gasteiger partial charge in [0.15, 0.2) is 0 Å². The largest absolute Gasteiger partial charge is 0.365 e. The number of amides is 1. The van der Waals surface area contributed by atoms with E-state index >= 15 is 0 Å². The third-order valence-corrected chi connectivity index (χ3v) is 5.28. The van der Waals surface area contributed by atoms with E-state index in [1.807, 2.05) is 12.1 Å². The number of carbonyl (C=O) groups is 1. The van der Waals surface area contributed by atoms with Gasteiger partial charge >= 0.3 is 0 Å². The van der Waals surface area contributed by atoms with Crippen LogP contribution in [0.2, 0.25) is 0 Å². The maximum atomic E-state index is 12.3. The van der Waals surface area contributed by atoms with Crippen LogP contribution in [0.4, 0.5) is 5.82 Å². The van der Waals surface area contributed by atoms with Crippen molar-refractivity contribution in [3.63, 3.8) is 0 Å². The first-order chi connectivity index (χ1) is 10.3. The van der Waals surface area contributed by atoms with Gasteiger partial charge in [0, 0.05) is 37.7 Å². The number of fused-ring (bicyclic) bond motifs is 1. The number of anilines is 1. The molecule has 2 aliphatic carbocycles. The molecule has 5 nitrogen and oxygen atoms in total. The predicted molar refractivity (Wildman–Crippen MR) is 79.6 cm³/mol. The maximum Gasteiger partial charge on any atom is 0.222 e. The first-order valence-electron chi connectivity index (χ1n) is 8.11. The third-order valence-electron chi connectivity index (χ3n) is 5.28. The second kappa shape index (κ2) is 5.28. The molecular weight excluding hydrogens is 264 g/mol. The lowest BCUT2D eigenvalue weighted by molar-refractivity contribution is -0.130. The highest BCUT2D eigenvalue weighted by molar-refractivity contribution is 5.77. The van der Waals surface area contributed by atoms with Crippen molar-refractivity contribution < 1.29 is 4.79 Å². The molecule has 21 heavy (non-hydrogen) atoms. The average molecular weight is 286 g/mol. The van der Waals surface area contributed by atoms with Gasteiger partial charge in [-0.3, -0.25) is 4.79 Å². The van der Waals surface area contributed by atoms with Crippen LogP contribution < -0.4 is 5.32 Å². The molecule has 112 valence electrons. The van der Waals surface area contributed by atoms with Gasteiger partial charge in [-0.2, -0.15) is 5.10 Å². The van der Waals surface area contributed by atoms with Gasteiger partial charge in [-0.25, -0.2) is 0 Å². The van der Waals surface area contributed by atoms with Crippen LogP contribution >= 0.6 is 0 Å². The number of hydrogen-bond acceptors (Lipinski definition) is 4. The highest BCUT2D eigenvalue weighted by atomic mass is 16.2. The van der Waals surface area contributed by atoms with E-state index in [2.05, 4.69) is 20.4 Å². The van der Waals surface area contributed by atoms with Crippen LogP contribution in [0.3, 0.4) is 0 Å². The number of carbonyl (C=O) groups excluding carboxylic acids is 1. The summed E-state index contributed by atoms with van der Waals surface area (Å²) in [6.07, 6.45) is 7.37. The summed E-state index contributed by atoms with van der Waals surface area (Å²) in [5.41, 5.74) is 0. The molecule has 3 aliphatic rings. The van der Waals surface area contributed by atoms with Gasteiger partial charge in [0.05, 0.1) is 0 Å². The van der Waals surface area contributed by atoms with Crippen LogP contribution in [0, 0.1) is 17.8 Å². The topological polar surface area (TPSA) is 58.1 Å². The summed E-state index contributed by atoms with van der Waals surface area (Å²) in [5, 5.41) is 11.5. The molecule has 0 bridgehead atoms. The molecule has 0 radical (unpaired) electrons. The van der Waals surface area contributed by atoms with E-state index in [9.17, 15) is 4.79 Å². The van der Waals surface area contributed by atoms with Gasteiger partial charge in [0.25, 0.3) is 0 Å². The number of rotatable bonds is 4. The monoisotopic (exact) mass is 286 g/mol. The molecule has 4 rings (SSSR count). The smallest absolute Gasteiger partial charge is 0.222 e. The van der Waals surface area contributed by atoms with Crippen LogP contribution in [0.1, 0.15) is 32.1 Å². The van der Waals surface area contributed by atoms with E-state index in [0.717, 1.165) is 25.3 Å². The Morgan fingerprint density at radius 1 is 1.29 bits per heavy atom. The molecule has 0 aromatic carbocycles. The van der Waals surface area contributed by atoms with Crippen molar-refractivity contribution >= 4 is 11.7 Å². The Hall–Kier alpha value is -1.65. The molecule has 1 saturated heterocycles. The third kappa shape index (κ3) is 2.74. The minimum Gasteiger partial charge on any atom is -0.365 e. The Balaban J connectivity index is 1.37. The quantitative estimate of drug-likeness (QED) is 0.919. The fourth-order valence-electron chi connectivity index (χ4n) is 3.91. The van der Waals surface area contributed by atoms with Crippen LogP contribution in [0.15, 0.2) is 18.3 Å². The predicted octanol–water partition coefficient (Wildman–Crippen LogP) is 1.93. The van der Waals surface area contributed by atoms with Gasteiger partial charge < -0.3 is 10.2 Å². The number of hydrogen-bond donors (Lipinski definition) is 1. The fraction of sp³-hybridized carbons (Fsp3) is 0.688. The van der Waals surface area contributed by atoms with Crippen molar-refractivity contribution in [1.82, 2.24) is 15.1 Å². The first-order valence-corrected chi connectivity index (χ1v) is 8.11. The normalized spacial score (nSPS) is 31.2. The summed E-state index contributed by atoms with van der Waals surface area (Å²) < 4.78 is 0. The number of nitrogens with zero attached hydrogens (tertiary/aromatic N) is 3. The molecule has 2 heterocycles. The van der Waals surface area contributed by atoms with Gasteiger partial charge in [-0.1, -0.05) is 0 Å². The summed E-state index contributed by atoms with van der Waals surface area (Å²) >= 11 is 0. The summed E-state index contributed by atoms with van der Waals surface area (Å²) in [6.45, 7) is 1.89. The summed E-state index contributed by atoms with van der Waals surface area (Å²) in [6, 6.07) is 4.30. The molecule has 3 fully saturated rings.